The van der Waals surface area contributed by atoms with Gasteiger partial charge in [0.25, 0.3) is 0 Å². The average Bonchev–Trinajstić information content (AvgIpc) is 2.32. The molecule has 18 heavy (non-hydrogen) atoms. The van der Waals surface area contributed by atoms with Crippen LogP contribution in [0.15, 0.2) is 36.4 Å². The highest BCUT2D eigenvalue weighted by molar-refractivity contribution is 6.00. The predicted octanol–water partition coefficient (Wildman–Crippen LogP) is 4.14. The lowest BCUT2D eigenvalue weighted by molar-refractivity contribution is 0.101. The molecule has 0 aliphatic heterocycles. The molecule has 0 aliphatic carbocycles. The molecular weight excluding hydrogens is 234 g/mol. The molecule has 0 saturated heterocycles. The Bertz CT molecular complexity index is 618. The summed E-state index contributed by atoms with van der Waals surface area (Å²) in [6, 6.07) is 8.46. The number of halogens is 2. The van der Waals surface area contributed by atoms with Crippen molar-refractivity contribution in [3.8, 4) is 11.1 Å². The van der Waals surface area contributed by atoms with Crippen molar-refractivity contribution in [2.24, 2.45) is 0 Å². The lowest BCUT2D eigenvalue weighted by Crippen LogP contribution is -1.97. The van der Waals surface area contributed by atoms with Gasteiger partial charge in [0.15, 0.2) is 5.78 Å². The first kappa shape index (κ1) is 12.4. The van der Waals surface area contributed by atoms with Crippen LogP contribution < -0.4 is 0 Å². The third-order valence-corrected chi connectivity index (χ3v) is 2.83. The number of hydrogen-bond acceptors (Lipinski definition) is 1. The summed E-state index contributed by atoms with van der Waals surface area (Å²) in [7, 11) is 0. The summed E-state index contributed by atoms with van der Waals surface area (Å²) in [4.78, 5) is 11.5. The number of rotatable bonds is 2. The quantitative estimate of drug-likeness (QED) is 0.728. The maximum absolute atomic E-state index is 13.3. The number of carbonyl (C=O) groups excluding carboxylic acids is 1. The number of ketones is 1. The molecule has 3 heteroatoms. The lowest BCUT2D eigenvalue weighted by atomic mass is 9.96. The standard InChI is InChI=1S/C15H12F2O/c1-9-7-11(3-6-15(9)17)14-8-12(16)4-5-13(14)10(2)18/h3-8H,1-2H3. The molecule has 2 rings (SSSR count). The highest BCUT2D eigenvalue weighted by Gasteiger charge is 2.11. The van der Waals surface area contributed by atoms with Gasteiger partial charge >= 0.3 is 0 Å². The Morgan fingerprint density at radius 2 is 1.78 bits per heavy atom. The van der Waals surface area contributed by atoms with Crippen molar-refractivity contribution in [1.82, 2.24) is 0 Å². The normalized spacial score (nSPS) is 10.4. The maximum atomic E-state index is 13.3. The molecule has 0 atom stereocenters. The van der Waals surface area contributed by atoms with Crippen LogP contribution >= 0.6 is 0 Å². The minimum atomic E-state index is -0.419. The molecule has 1 nitrogen and oxygen atoms in total. The summed E-state index contributed by atoms with van der Waals surface area (Å²) in [5, 5.41) is 0. The van der Waals surface area contributed by atoms with Crippen molar-refractivity contribution in [3.63, 3.8) is 0 Å². The van der Waals surface area contributed by atoms with Crippen LogP contribution in [0.25, 0.3) is 11.1 Å². The monoisotopic (exact) mass is 246 g/mol. The average molecular weight is 246 g/mol. The van der Waals surface area contributed by atoms with E-state index in [0.29, 0.717) is 22.3 Å². The van der Waals surface area contributed by atoms with Crippen molar-refractivity contribution < 1.29 is 13.6 Å². The number of aryl methyl sites for hydroxylation is 1. The number of hydrogen-bond donors (Lipinski definition) is 0. The second-order valence-corrected chi connectivity index (χ2v) is 4.21. The third-order valence-electron chi connectivity index (χ3n) is 2.83. The van der Waals surface area contributed by atoms with Gasteiger partial charge in [-0.05, 0) is 60.9 Å². The van der Waals surface area contributed by atoms with Gasteiger partial charge in [0, 0.05) is 5.56 Å². The second-order valence-electron chi connectivity index (χ2n) is 4.21. The molecule has 0 aliphatic rings. The molecular formula is C15H12F2O. The zero-order valence-electron chi connectivity index (χ0n) is 10.1. The Labute approximate surface area is 104 Å². The van der Waals surface area contributed by atoms with Crippen LogP contribution in [0.1, 0.15) is 22.8 Å². The van der Waals surface area contributed by atoms with E-state index < -0.39 is 5.82 Å². The van der Waals surface area contributed by atoms with E-state index in [2.05, 4.69) is 0 Å². The van der Waals surface area contributed by atoms with Gasteiger partial charge in [0.1, 0.15) is 11.6 Å². The van der Waals surface area contributed by atoms with Crippen LogP contribution in [-0.4, -0.2) is 5.78 Å². The molecule has 0 unspecified atom stereocenters. The molecule has 0 fully saturated rings. The molecule has 0 aromatic heterocycles. The Morgan fingerprint density at radius 1 is 1.06 bits per heavy atom. The summed E-state index contributed by atoms with van der Waals surface area (Å²) < 4.78 is 26.5. The highest BCUT2D eigenvalue weighted by atomic mass is 19.1. The Balaban J connectivity index is 2.65. The van der Waals surface area contributed by atoms with Crippen molar-refractivity contribution in [2.75, 3.05) is 0 Å². The minimum Gasteiger partial charge on any atom is -0.294 e. The van der Waals surface area contributed by atoms with E-state index >= 15 is 0 Å². The summed E-state index contributed by atoms with van der Waals surface area (Å²) in [6.07, 6.45) is 0. The van der Waals surface area contributed by atoms with Gasteiger partial charge in [0.2, 0.25) is 0 Å². The topological polar surface area (TPSA) is 17.1 Å². The van der Waals surface area contributed by atoms with E-state index in [1.807, 2.05) is 0 Å². The van der Waals surface area contributed by atoms with Gasteiger partial charge in [-0.25, -0.2) is 8.78 Å². The van der Waals surface area contributed by atoms with E-state index in [0.717, 1.165) is 0 Å². The van der Waals surface area contributed by atoms with Crippen LogP contribution in [0.5, 0.6) is 0 Å². The summed E-state index contributed by atoms with van der Waals surface area (Å²) in [6.45, 7) is 3.05. The highest BCUT2D eigenvalue weighted by Crippen LogP contribution is 2.26. The molecule has 0 N–H and O–H groups in total. The van der Waals surface area contributed by atoms with Crippen LogP contribution in [0.3, 0.4) is 0 Å². The van der Waals surface area contributed by atoms with Gasteiger partial charge < -0.3 is 0 Å². The number of Topliss-reactive ketones (excluding diaryl/α,β-unsaturated/α-hetero) is 1. The smallest absolute Gasteiger partial charge is 0.160 e. The molecule has 2 aromatic carbocycles. The zero-order chi connectivity index (χ0) is 13.3. The summed E-state index contributed by atoms with van der Waals surface area (Å²) in [5.41, 5.74) is 2.03. The first-order valence-corrected chi connectivity index (χ1v) is 5.56. The third kappa shape index (κ3) is 2.30. The second kappa shape index (κ2) is 4.69. The van der Waals surface area contributed by atoms with Gasteiger partial charge in [-0.2, -0.15) is 0 Å². The lowest BCUT2D eigenvalue weighted by Gasteiger charge is -2.08. The van der Waals surface area contributed by atoms with Crippen LogP contribution in [0.2, 0.25) is 0 Å². The van der Waals surface area contributed by atoms with E-state index in [-0.39, 0.29) is 11.6 Å². The molecule has 0 heterocycles. The van der Waals surface area contributed by atoms with Gasteiger partial charge in [-0.1, -0.05) is 6.07 Å². The largest absolute Gasteiger partial charge is 0.294 e. The molecule has 0 amide bonds. The van der Waals surface area contributed by atoms with E-state index in [1.165, 1.54) is 31.2 Å². The van der Waals surface area contributed by atoms with Crippen molar-refractivity contribution >= 4 is 5.78 Å². The number of benzene rings is 2. The Morgan fingerprint density at radius 3 is 2.39 bits per heavy atom. The SMILES string of the molecule is CC(=O)c1ccc(F)cc1-c1ccc(F)c(C)c1. The maximum Gasteiger partial charge on any atom is 0.160 e. The Hall–Kier alpha value is -2.03. The molecule has 92 valence electrons. The van der Waals surface area contributed by atoms with E-state index in [9.17, 15) is 13.6 Å². The fourth-order valence-electron chi connectivity index (χ4n) is 1.87. The predicted molar refractivity (Wildman–Crippen MR) is 66.5 cm³/mol. The molecule has 0 saturated carbocycles. The summed E-state index contributed by atoms with van der Waals surface area (Å²) in [5.74, 6) is -0.886. The first-order valence-electron chi connectivity index (χ1n) is 5.56. The van der Waals surface area contributed by atoms with Crippen LogP contribution in [-0.2, 0) is 0 Å². The van der Waals surface area contributed by atoms with Crippen molar-refractivity contribution in [1.29, 1.82) is 0 Å². The molecule has 2 aromatic rings. The number of carbonyl (C=O) groups is 1. The molecule has 0 spiro atoms. The first-order chi connectivity index (χ1) is 8.49. The van der Waals surface area contributed by atoms with E-state index in [1.54, 1.807) is 19.1 Å². The van der Waals surface area contributed by atoms with Crippen molar-refractivity contribution in [2.45, 2.75) is 13.8 Å². The fourth-order valence-corrected chi connectivity index (χ4v) is 1.87. The zero-order valence-corrected chi connectivity index (χ0v) is 10.1. The van der Waals surface area contributed by atoms with E-state index in [4.69, 9.17) is 0 Å². The Kier molecular flexibility index (Phi) is 3.24. The van der Waals surface area contributed by atoms with Gasteiger partial charge in [0.05, 0.1) is 0 Å². The minimum absolute atomic E-state index is 0.146. The van der Waals surface area contributed by atoms with Crippen LogP contribution in [0.4, 0.5) is 8.78 Å². The molecule has 0 radical (unpaired) electrons. The van der Waals surface area contributed by atoms with Crippen molar-refractivity contribution in [3.05, 3.63) is 59.2 Å². The van der Waals surface area contributed by atoms with Gasteiger partial charge in [-0.15, -0.1) is 0 Å². The van der Waals surface area contributed by atoms with Crippen LogP contribution in [0, 0.1) is 18.6 Å². The fraction of sp³-hybridized carbons (Fsp3) is 0.133. The van der Waals surface area contributed by atoms with Gasteiger partial charge in [-0.3, -0.25) is 4.79 Å². The molecule has 0 bridgehead atoms. The summed E-state index contributed by atoms with van der Waals surface area (Å²) >= 11 is 0.